The van der Waals surface area contributed by atoms with E-state index in [-0.39, 0.29) is 34.2 Å². The van der Waals surface area contributed by atoms with Crippen molar-refractivity contribution < 1.29 is 9.68 Å². The van der Waals surface area contributed by atoms with E-state index in [1.807, 2.05) is 0 Å². The maximum absolute atomic E-state index is 6.39. The highest BCUT2D eigenvalue weighted by Crippen LogP contribution is 2.43. The Bertz CT molecular complexity index is 998. The van der Waals surface area contributed by atoms with Gasteiger partial charge in [0, 0.05) is 60.4 Å². The lowest BCUT2D eigenvalue weighted by molar-refractivity contribution is -0.282. The number of aromatic nitrogens is 3. The van der Waals surface area contributed by atoms with Gasteiger partial charge in [-0.1, -0.05) is 40.5 Å². The Labute approximate surface area is 294 Å². The molecular weight excluding hydrogens is 602 g/mol. The molecule has 0 radical (unpaired) electrons. The van der Waals surface area contributed by atoms with Crippen molar-refractivity contribution in [3.63, 3.8) is 0 Å². The van der Waals surface area contributed by atoms with Crippen LogP contribution in [0.25, 0.3) is 0 Å². The SMILES string of the molecule is CCCCN(c1nc(NCCN)nc(N(CCCC)C2CC(C)(C)N(OCCC)C(C)(C)C2)n1)C1CC(C)(C)N(OCCC)C(C)(C)C1. The van der Waals surface area contributed by atoms with Gasteiger partial charge in [-0.05, 0) is 107 Å². The number of piperidine rings is 2. The Balaban J connectivity index is 2.10. The lowest BCUT2D eigenvalue weighted by Gasteiger charge is -2.56. The van der Waals surface area contributed by atoms with E-state index in [1.54, 1.807) is 0 Å². The number of nitrogens with one attached hydrogen (secondary N) is 1. The summed E-state index contributed by atoms with van der Waals surface area (Å²) in [5.74, 6) is 2.13. The molecule has 0 spiro atoms. The topological polar surface area (TPSA) is 108 Å². The lowest BCUT2D eigenvalue weighted by atomic mass is 9.78. The molecule has 0 amide bonds. The molecule has 278 valence electrons. The summed E-state index contributed by atoms with van der Waals surface area (Å²) in [5, 5.41) is 7.95. The predicted octanol–water partition coefficient (Wildman–Crippen LogP) is 7.18. The first-order chi connectivity index (χ1) is 22.6. The molecule has 0 atom stereocenters. The molecule has 2 aliphatic rings. The van der Waals surface area contributed by atoms with Gasteiger partial charge >= 0.3 is 0 Å². The summed E-state index contributed by atoms with van der Waals surface area (Å²) in [6.45, 7) is 31.7. The molecule has 11 heteroatoms. The summed E-state index contributed by atoms with van der Waals surface area (Å²) < 4.78 is 0. The number of anilines is 3. The minimum absolute atomic E-state index is 0.152. The van der Waals surface area contributed by atoms with Crippen LogP contribution in [-0.4, -0.2) is 98.7 Å². The molecule has 2 saturated heterocycles. The number of hydrogen-bond donors (Lipinski definition) is 2. The summed E-state index contributed by atoms with van der Waals surface area (Å²) in [6, 6.07) is 0.503. The summed E-state index contributed by atoms with van der Waals surface area (Å²) in [7, 11) is 0. The van der Waals surface area contributed by atoms with Crippen molar-refractivity contribution in [2.75, 3.05) is 54.5 Å². The van der Waals surface area contributed by atoms with Crippen LogP contribution in [-0.2, 0) is 9.68 Å². The molecule has 0 unspecified atom stereocenters. The summed E-state index contributed by atoms with van der Waals surface area (Å²) in [4.78, 5) is 33.4. The van der Waals surface area contributed by atoms with Crippen molar-refractivity contribution in [3.05, 3.63) is 0 Å². The fraction of sp³-hybridized carbons (Fsp3) is 0.919. The van der Waals surface area contributed by atoms with E-state index < -0.39 is 0 Å². The Hall–Kier alpha value is -1.79. The zero-order chi connectivity index (χ0) is 35.8. The standard InChI is InChI=1S/C37H73N9O2/c1-13-17-21-43(29-25-34(5,6)45(47-23-15-3)35(7,8)26-29)32-40-31(39-20-19-38)41-33(42-32)44(22-18-14-2)30-27-36(9,10)46(48-24-16-4)37(11,12)28-30/h29-30H,13-28,38H2,1-12H3,(H,39,40,41,42). The molecule has 1 aromatic heterocycles. The van der Waals surface area contributed by atoms with Gasteiger partial charge < -0.3 is 20.9 Å². The molecule has 0 aromatic carbocycles. The van der Waals surface area contributed by atoms with Crippen molar-refractivity contribution >= 4 is 17.8 Å². The average Bonchev–Trinajstić information content (AvgIpc) is 2.98. The maximum atomic E-state index is 6.39. The second-order valence-corrected chi connectivity index (χ2v) is 16.7. The summed E-state index contributed by atoms with van der Waals surface area (Å²) in [6.07, 6.45) is 10.1. The minimum Gasteiger partial charge on any atom is -0.353 e. The second-order valence-electron chi connectivity index (χ2n) is 16.7. The largest absolute Gasteiger partial charge is 0.353 e. The predicted molar refractivity (Wildman–Crippen MR) is 200 cm³/mol. The number of rotatable bonds is 19. The molecule has 2 fully saturated rings. The Morgan fingerprint density at radius 3 is 1.33 bits per heavy atom. The van der Waals surface area contributed by atoms with Gasteiger partial charge in [0.25, 0.3) is 0 Å². The smallest absolute Gasteiger partial charge is 0.232 e. The van der Waals surface area contributed by atoms with Gasteiger partial charge in [-0.2, -0.15) is 25.1 Å². The van der Waals surface area contributed by atoms with E-state index in [4.69, 9.17) is 30.4 Å². The normalized spacial score (nSPS) is 21.4. The molecule has 0 saturated carbocycles. The quantitative estimate of drug-likeness (QED) is 0.156. The highest BCUT2D eigenvalue weighted by molar-refractivity contribution is 5.47. The van der Waals surface area contributed by atoms with Crippen LogP contribution >= 0.6 is 0 Å². The first-order valence-corrected chi connectivity index (χ1v) is 19.2. The zero-order valence-corrected chi connectivity index (χ0v) is 33.0. The number of unbranched alkanes of at least 4 members (excludes halogenated alkanes) is 2. The second kappa shape index (κ2) is 17.4. The van der Waals surface area contributed by atoms with Gasteiger partial charge in [0.2, 0.25) is 17.8 Å². The molecule has 0 aliphatic carbocycles. The van der Waals surface area contributed by atoms with Gasteiger partial charge in [-0.25, -0.2) is 0 Å². The molecule has 3 rings (SSSR count). The minimum atomic E-state index is -0.152. The van der Waals surface area contributed by atoms with Crippen LogP contribution < -0.4 is 20.9 Å². The van der Waals surface area contributed by atoms with Crippen molar-refractivity contribution in [1.29, 1.82) is 0 Å². The molecule has 1 aromatic rings. The van der Waals surface area contributed by atoms with Crippen LogP contribution in [0.4, 0.5) is 17.8 Å². The van der Waals surface area contributed by atoms with Crippen molar-refractivity contribution in [2.45, 2.75) is 182 Å². The van der Waals surface area contributed by atoms with Crippen LogP contribution in [0.1, 0.15) is 147 Å². The first kappa shape index (κ1) is 40.6. The molecule has 0 bridgehead atoms. The fourth-order valence-corrected chi connectivity index (χ4v) is 8.35. The third kappa shape index (κ3) is 10.1. The number of nitrogens with two attached hydrogens (primary N) is 1. The van der Waals surface area contributed by atoms with Crippen LogP contribution in [0.15, 0.2) is 0 Å². The number of hydrogen-bond acceptors (Lipinski definition) is 11. The van der Waals surface area contributed by atoms with E-state index in [0.29, 0.717) is 19.0 Å². The monoisotopic (exact) mass is 676 g/mol. The molecular formula is C37H73N9O2. The summed E-state index contributed by atoms with van der Waals surface area (Å²) in [5.41, 5.74) is 5.36. The summed E-state index contributed by atoms with van der Waals surface area (Å²) >= 11 is 0. The van der Waals surface area contributed by atoms with Crippen molar-refractivity contribution in [2.24, 2.45) is 5.73 Å². The van der Waals surface area contributed by atoms with Crippen molar-refractivity contribution in [3.8, 4) is 0 Å². The van der Waals surface area contributed by atoms with Gasteiger partial charge in [-0.3, -0.25) is 9.68 Å². The third-order valence-corrected chi connectivity index (χ3v) is 9.93. The highest BCUT2D eigenvalue weighted by atomic mass is 16.7. The van der Waals surface area contributed by atoms with E-state index in [0.717, 1.165) is 102 Å². The lowest BCUT2D eigenvalue weighted by Crippen LogP contribution is -2.64. The fourth-order valence-electron chi connectivity index (χ4n) is 8.35. The Kier molecular flexibility index (Phi) is 14.8. The molecule has 3 N–H and O–H groups in total. The molecule has 2 aliphatic heterocycles. The maximum Gasteiger partial charge on any atom is 0.232 e. The van der Waals surface area contributed by atoms with Crippen LogP contribution in [0.3, 0.4) is 0 Å². The van der Waals surface area contributed by atoms with E-state index in [9.17, 15) is 0 Å². The van der Waals surface area contributed by atoms with Crippen LogP contribution in [0.5, 0.6) is 0 Å². The van der Waals surface area contributed by atoms with Crippen LogP contribution in [0, 0.1) is 0 Å². The van der Waals surface area contributed by atoms with E-state index in [1.165, 1.54) is 0 Å². The molecule has 3 heterocycles. The van der Waals surface area contributed by atoms with Crippen molar-refractivity contribution in [1.82, 2.24) is 25.1 Å². The number of nitrogens with zero attached hydrogens (tertiary/aromatic N) is 7. The van der Waals surface area contributed by atoms with Gasteiger partial charge in [0.05, 0.1) is 13.2 Å². The van der Waals surface area contributed by atoms with Gasteiger partial charge in [0.1, 0.15) is 0 Å². The van der Waals surface area contributed by atoms with Crippen LogP contribution in [0.2, 0.25) is 0 Å². The zero-order valence-electron chi connectivity index (χ0n) is 33.0. The van der Waals surface area contributed by atoms with Gasteiger partial charge in [-0.15, -0.1) is 0 Å². The highest BCUT2D eigenvalue weighted by Gasteiger charge is 2.50. The molecule has 48 heavy (non-hydrogen) atoms. The van der Waals surface area contributed by atoms with E-state index >= 15 is 0 Å². The first-order valence-electron chi connectivity index (χ1n) is 19.2. The molecule has 11 nitrogen and oxygen atoms in total. The average molecular weight is 676 g/mol. The van der Waals surface area contributed by atoms with E-state index in [2.05, 4.69) is 108 Å². The number of hydroxylamine groups is 4. The third-order valence-electron chi connectivity index (χ3n) is 9.93. The Morgan fingerprint density at radius 1 is 0.646 bits per heavy atom. The Morgan fingerprint density at radius 2 is 1.02 bits per heavy atom. The van der Waals surface area contributed by atoms with Gasteiger partial charge in [0.15, 0.2) is 0 Å².